The van der Waals surface area contributed by atoms with Crippen molar-refractivity contribution in [1.82, 2.24) is 4.72 Å². The van der Waals surface area contributed by atoms with Crippen molar-refractivity contribution in [3.05, 3.63) is 0 Å². The van der Waals surface area contributed by atoms with Gasteiger partial charge in [-0.25, -0.2) is 13.1 Å². The highest BCUT2D eigenvalue weighted by molar-refractivity contribution is 7.89. The Labute approximate surface area is 104 Å². The van der Waals surface area contributed by atoms with E-state index in [9.17, 15) is 13.2 Å². The van der Waals surface area contributed by atoms with Crippen molar-refractivity contribution in [2.24, 2.45) is 11.8 Å². The van der Waals surface area contributed by atoms with E-state index in [0.717, 1.165) is 0 Å². The molecular weight excluding hydrogens is 242 g/mol. The topological polar surface area (TPSA) is 83.5 Å². The normalized spacial score (nSPS) is 13.9. The molecule has 0 aromatic carbocycles. The van der Waals surface area contributed by atoms with Crippen LogP contribution in [0.15, 0.2) is 0 Å². The molecule has 6 heteroatoms. The third kappa shape index (κ3) is 9.12. The summed E-state index contributed by atoms with van der Waals surface area (Å²) < 4.78 is 25.4. The molecule has 1 atom stereocenters. The largest absolute Gasteiger partial charge is 0.481 e. The first kappa shape index (κ1) is 16.4. The van der Waals surface area contributed by atoms with Gasteiger partial charge in [-0.2, -0.15) is 0 Å². The number of carboxylic acids is 1. The van der Waals surface area contributed by atoms with Crippen LogP contribution in [0.1, 0.15) is 40.0 Å². The van der Waals surface area contributed by atoms with E-state index in [2.05, 4.69) is 4.72 Å². The van der Waals surface area contributed by atoms with Crippen LogP contribution in [0.5, 0.6) is 0 Å². The number of aliphatic carboxylic acids is 1. The lowest BCUT2D eigenvalue weighted by molar-refractivity contribution is -0.138. The molecule has 0 aliphatic carbocycles. The monoisotopic (exact) mass is 265 g/mol. The van der Waals surface area contributed by atoms with Crippen molar-refractivity contribution in [1.29, 1.82) is 0 Å². The van der Waals surface area contributed by atoms with Gasteiger partial charge in [0.1, 0.15) is 0 Å². The highest BCUT2D eigenvalue weighted by Gasteiger charge is 2.17. The van der Waals surface area contributed by atoms with E-state index in [0.29, 0.717) is 18.8 Å². The van der Waals surface area contributed by atoms with Crippen LogP contribution in [0, 0.1) is 11.8 Å². The second-order valence-corrected chi connectivity index (χ2v) is 6.69. The molecule has 5 nitrogen and oxygen atoms in total. The minimum Gasteiger partial charge on any atom is -0.481 e. The Morgan fingerprint density at radius 3 is 2.35 bits per heavy atom. The van der Waals surface area contributed by atoms with Crippen LogP contribution in [0.2, 0.25) is 0 Å². The molecule has 102 valence electrons. The molecule has 0 spiro atoms. The highest BCUT2D eigenvalue weighted by atomic mass is 32.2. The van der Waals surface area contributed by atoms with Crippen LogP contribution in [0.25, 0.3) is 0 Å². The molecule has 0 aliphatic rings. The Morgan fingerprint density at radius 1 is 1.35 bits per heavy atom. The molecule has 2 N–H and O–H groups in total. The summed E-state index contributed by atoms with van der Waals surface area (Å²) >= 11 is 0. The SMILES string of the molecule is CCCS(=O)(=O)NC[C@H](CC(=O)O)CC(C)C. The number of carboxylic acid groups (broad SMARTS) is 1. The molecule has 0 aromatic heterocycles. The van der Waals surface area contributed by atoms with Crippen molar-refractivity contribution >= 4 is 16.0 Å². The Bertz CT molecular complexity index is 324. The minimum absolute atomic E-state index is 0.00677. The lowest BCUT2D eigenvalue weighted by Gasteiger charge is -2.17. The second kappa shape index (κ2) is 7.66. The number of hydrogen-bond donors (Lipinski definition) is 2. The number of hydrogen-bond acceptors (Lipinski definition) is 3. The molecule has 0 amide bonds. The zero-order chi connectivity index (χ0) is 13.5. The number of carbonyl (C=O) groups is 1. The van der Waals surface area contributed by atoms with Crippen molar-refractivity contribution in [3.63, 3.8) is 0 Å². The minimum atomic E-state index is -3.24. The molecule has 0 saturated carbocycles. The molecule has 0 fully saturated rings. The average Bonchev–Trinajstić information content (AvgIpc) is 2.12. The van der Waals surface area contributed by atoms with E-state index in [1.54, 1.807) is 6.92 Å². The maximum Gasteiger partial charge on any atom is 0.303 e. The van der Waals surface area contributed by atoms with Gasteiger partial charge in [0.05, 0.1) is 5.75 Å². The van der Waals surface area contributed by atoms with Gasteiger partial charge in [-0.3, -0.25) is 4.79 Å². The third-order valence-corrected chi connectivity index (χ3v) is 3.89. The smallest absolute Gasteiger partial charge is 0.303 e. The Kier molecular flexibility index (Phi) is 7.38. The lowest BCUT2D eigenvalue weighted by atomic mass is 9.94. The summed E-state index contributed by atoms with van der Waals surface area (Å²) in [6.45, 7) is 6.00. The van der Waals surface area contributed by atoms with Gasteiger partial charge in [0.2, 0.25) is 10.0 Å². The van der Waals surface area contributed by atoms with E-state index >= 15 is 0 Å². The van der Waals surface area contributed by atoms with Gasteiger partial charge in [0.15, 0.2) is 0 Å². The maximum atomic E-state index is 11.4. The van der Waals surface area contributed by atoms with Gasteiger partial charge in [-0.05, 0) is 24.7 Å². The Morgan fingerprint density at radius 2 is 1.94 bits per heavy atom. The van der Waals surface area contributed by atoms with Crippen LogP contribution in [-0.4, -0.2) is 31.8 Å². The van der Waals surface area contributed by atoms with Gasteiger partial charge in [-0.1, -0.05) is 20.8 Å². The third-order valence-electron chi connectivity index (χ3n) is 2.33. The van der Waals surface area contributed by atoms with Crippen LogP contribution in [0.4, 0.5) is 0 Å². The molecule has 0 unspecified atom stereocenters. The Balaban J connectivity index is 4.29. The van der Waals surface area contributed by atoms with Gasteiger partial charge in [0.25, 0.3) is 0 Å². The standard InChI is InChI=1S/C11H23NO4S/c1-4-5-17(15,16)12-8-10(6-9(2)3)7-11(13)14/h9-10,12H,4-8H2,1-3H3,(H,13,14)/t10-/m0/s1. The molecular formula is C11H23NO4S. The molecule has 0 heterocycles. The van der Waals surface area contributed by atoms with Crippen molar-refractivity contribution in [3.8, 4) is 0 Å². The van der Waals surface area contributed by atoms with Crippen LogP contribution < -0.4 is 4.72 Å². The molecule has 17 heavy (non-hydrogen) atoms. The highest BCUT2D eigenvalue weighted by Crippen LogP contribution is 2.15. The summed E-state index contributed by atoms with van der Waals surface area (Å²) in [7, 11) is -3.24. The zero-order valence-corrected chi connectivity index (χ0v) is 11.6. The fourth-order valence-electron chi connectivity index (χ4n) is 1.74. The molecule has 0 aliphatic heterocycles. The predicted molar refractivity (Wildman–Crippen MR) is 67.3 cm³/mol. The first-order valence-corrected chi connectivity index (χ1v) is 7.61. The molecule has 0 saturated heterocycles. The van der Waals surface area contributed by atoms with Crippen LogP contribution >= 0.6 is 0 Å². The second-order valence-electron chi connectivity index (χ2n) is 4.76. The molecule has 0 aromatic rings. The number of nitrogens with one attached hydrogen (secondary N) is 1. The van der Waals surface area contributed by atoms with Gasteiger partial charge >= 0.3 is 5.97 Å². The fourth-order valence-corrected chi connectivity index (χ4v) is 2.91. The van der Waals surface area contributed by atoms with Crippen molar-refractivity contribution in [2.75, 3.05) is 12.3 Å². The summed E-state index contributed by atoms with van der Waals surface area (Å²) in [6, 6.07) is 0. The molecule has 0 bridgehead atoms. The molecule has 0 rings (SSSR count). The quantitative estimate of drug-likeness (QED) is 0.661. The Hall–Kier alpha value is -0.620. The van der Waals surface area contributed by atoms with Gasteiger partial charge < -0.3 is 5.11 Å². The zero-order valence-electron chi connectivity index (χ0n) is 10.8. The summed E-state index contributed by atoms with van der Waals surface area (Å²) in [6.07, 6.45) is 1.27. The fraction of sp³-hybridized carbons (Fsp3) is 0.909. The molecule has 0 radical (unpaired) electrons. The number of rotatable bonds is 9. The summed E-state index contributed by atoms with van der Waals surface area (Å²) in [5.74, 6) is -0.575. The van der Waals surface area contributed by atoms with Gasteiger partial charge in [0, 0.05) is 13.0 Å². The van der Waals surface area contributed by atoms with Crippen LogP contribution in [0.3, 0.4) is 0 Å². The van der Waals surface area contributed by atoms with E-state index in [4.69, 9.17) is 5.11 Å². The first-order valence-electron chi connectivity index (χ1n) is 5.96. The summed E-state index contributed by atoms with van der Waals surface area (Å²) in [4.78, 5) is 10.7. The van der Waals surface area contributed by atoms with E-state index in [1.165, 1.54) is 0 Å². The summed E-state index contributed by atoms with van der Waals surface area (Å²) in [5, 5.41) is 8.75. The van der Waals surface area contributed by atoms with Crippen LogP contribution in [-0.2, 0) is 14.8 Å². The number of sulfonamides is 1. The predicted octanol–water partition coefficient (Wildman–Crippen LogP) is 1.45. The van der Waals surface area contributed by atoms with E-state index < -0.39 is 16.0 Å². The average molecular weight is 265 g/mol. The van der Waals surface area contributed by atoms with E-state index in [-0.39, 0.29) is 24.6 Å². The van der Waals surface area contributed by atoms with E-state index in [1.807, 2.05) is 13.8 Å². The maximum absolute atomic E-state index is 11.4. The summed E-state index contributed by atoms with van der Waals surface area (Å²) in [5.41, 5.74) is 0. The lowest BCUT2D eigenvalue weighted by Crippen LogP contribution is -2.32. The first-order chi connectivity index (χ1) is 7.76. The van der Waals surface area contributed by atoms with Crippen molar-refractivity contribution < 1.29 is 18.3 Å². The van der Waals surface area contributed by atoms with Gasteiger partial charge in [-0.15, -0.1) is 0 Å². The van der Waals surface area contributed by atoms with Crippen molar-refractivity contribution in [2.45, 2.75) is 40.0 Å².